The van der Waals surface area contributed by atoms with Crippen molar-refractivity contribution in [3.63, 3.8) is 0 Å². The van der Waals surface area contributed by atoms with E-state index in [1.54, 1.807) is 45.3 Å². The van der Waals surface area contributed by atoms with Gasteiger partial charge in [-0.1, -0.05) is 0 Å². The van der Waals surface area contributed by atoms with Crippen LogP contribution < -0.4 is 15.0 Å². The molecule has 1 fully saturated rings. The molecule has 0 amide bonds. The number of hydrogen-bond donors (Lipinski definition) is 0. The molecule has 1 saturated heterocycles. The van der Waals surface area contributed by atoms with Crippen molar-refractivity contribution in [3.05, 3.63) is 52.7 Å². The monoisotopic (exact) mass is 452 g/mol. The molecule has 0 aliphatic carbocycles. The Balaban J connectivity index is 1.66. The zero-order chi connectivity index (χ0) is 23.4. The molecule has 4 rings (SSSR count). The average molecular weight is 453 g/mol. The van der Waals surface area contributed by atoms with E-state index < -0.39 is 0 Å². The van der Waals surface area contributed by atoms with E-state index >= 15 is 0 Å². The van der Waals surface area contributed by atoms with Gasteiger partial charge in [0.25, 0.3) is 5.56 Å². The highest BCUT2D eigenvalue weighted by atomic mass is 16.5. The number of ether oxygens (including phenoxy) is 3. The number of nitrogens with zero attached hydrogens (tertiary/aromatic N) is 4. The summed E-state index contributed by atoms with van der Waals surface area (Å²) in [5.74, 6) is 1.56. The van der Waals surface area contributed by atoms with Gasteiger partial charge in [0.05, 0.1) is 31.8 Å². The fourth-order valence-electron chi connectivity index (χ4n) is 4.45. The lowest BCUT2D eigenvalue weighted by molar-refractivity contribution is 0.0930. The molecule has 1 aromatic carbocycles. The second kappa shape index (κ2) is 10.3. The lowest BCUT2D eigenvalue weighted by Gasteiger charge is -2.35. The first kappa shape index (κ1) is 23.2. The Bertz CT molecular complexity index is 1140. The molecule has 3 heterocycles. The van der Waals surface area contributed by atoms with Crippen LogP contribution in [0.3, 0.4) is 0 Å². The van der Waals surface area contributed by atoms with Crippen molar-refractivity contribution in [2.24, 2.45) is 7.05 Å². The van der Waals surface area contributed by atoms with Crippen LogP contribution in [0.2, 0.25) is 0 Å². The number of piperazine rings is 1. The van der Waals surface area contributed by atoms with Gasteiger partial charge in [0.15, 0.2) is 0 Å². The number of pyridine rings is 2. The highest BCUT2D eigenvalue weighted by molar-refractivity contribution is 5.95. The van der Waals surface area contributed by atoms with Crippen molar-refractivity contribution in [2.75, 3.05) is 60.7 Å². The molecular weight excluding hydrogens is 420 g/mol. The molecule has 1 aliphatic rings. The van der Waals surface area contributed by atoms with Gasteiger partial charge in [-0.05, 0) is 29.1 Å². The smallest absolute Gasteiger partial charge is 0.259 e. The van der Waals surface area contributed by atoms with Gasteiger partial charge in [-0.15, -0.1) is 0 Å². The number of benzene rings is 1. The van der Waals surface area contributed by atoms with Crippen LogP contribution in [0.5, 0.6) is 11.5 Å². The van der Waals surface area contributed by atoms with Crippen LogP contribution in [0.1, 0.15) is 5.56 Å². The normalized spacial score (nSPS) is 15.2. The summed E-state index contributed by atoms with van der Waals surface area (Å²) in [4.78, 5) is 21.6. The number of fused-ring (bicyclic) bond motifs is 1. The zero-order valence-electron chi connectivity index (χ0n) is 19.8. The van der Waals surface area contributed by atoms with Crippen molar-refractivity contribution in [1.29, 1.82) is 0 Å². The van der Waals surface area contributed by atoms with E-state index in [4.69, 9.17) is 14.2 Å². The lowest BCUT2D eigenvalue weighted by Crippen LogP contribution is -2.46. The summed E-state index contributed by atoms with van der Waals surface area (Å²) >= 11 is 0. The van der Waals surface area contributed by atoms with Crippen LogP contribution in [-0.4, -0.2) is 80.0 Å². The minimum atomic E-state index is -0.0676. The quantitative estimate of drug-likeness (QED) is 0.520. The van der Waals surface area contributed by atoms with Crippen LogP contribution in [-0.2, 0) is 18.3 Å². The largest absolute Gasteiger partial charge is 0.496 e. The molecule has 0 unspecified atom stereocenters. The van der Waals surface area contributed by atoms with E-state index in [2.05, 4.69) is 14.8 Å². The first-order valence-electron chi connectivity index (χ1n) is 11.2. The molecule has 1 aliphatic heterocycles. The van der Waals surface area contributed by atoms with Crippen LogP contribution in [0.25, 0.3) is 21.9 Å². The topological polar surface area (TPSA) is 69.1 Å². The summed E-state index contributed by atoms with van der Waals surface area (Å²) in [6.45, 7) is 6.48. The second-order valence-corrected chi connectivity index (χ2v) is 8.35. The molecule has 2 aromatic heterocycles. The van der Waals surface area contributed by atoms with Gasteiger partial charge < -0.3 is 18.8 Å². The zero-order valence-corrected chi connectivity index (χ0v) is 19.8. The van der Waals surface area contributed by atoms with Crippen LogP contribution in [0, 0.1) is 0 Å². The lowest BCUT2D eigenvalue weighted by atomic mass is 9.99. The number of hydrogen-bond acceptors (Lipinski definition) is 7. The Morgan fingerprint density at radius 1 is 0.970 bits per heavy atom. The fraction of sp³-hybridized carbons (Fsp3) is 0.440. The summed E-state index contributed by atoms with van der Waals surface area (Å²) in [5, 5.41) is 1.45. The minimum Gasteiger partial charge on any atom is -0.496 e. The molecule has 0 atom stereocenters. The number of methoxy groups -OCH3 is 3. The minimum absolute atomic E-state index is 0.0676. The number of rotatable bonds is 8. The maximum atomic E-state index is 12.6. The molecular formula is C25H32N4O4. The van der Waals surface area contributed by atoms with E-state index in [1.807, 2.05) is 24.4 Å². The van der Waals surface area contributed by atoms with E-state index in [9.17, 15) is 4.79 Å². The van der Waals surface area contributed by atoms with Gasteiger partial charge in [-0.3, -0.25) is 19.6 Å². The first-order valence-corrected chi connectivity index (χ1v) is 11.2. The fourth-order valence-corrected chi connectivity index (χ4v) is 4.45. The average Bonchev–Trinajstić information content (AvgIpc) is 2.85. The van der Waals surface area contributed by atoms with Crippen molar-refractivity contribution < 1.29 is 14.2 Å². The number of aromatic nitrogens is 2. The van der Waals surface area contributed by atoms with E-state index in [1.165, 1.54) is 0 Å². The van der Waals surface area contributed by atoms with Gasteiger partial charge in [-0.2, -0.15) is 0 Å². The van der Waals surface area contributed by atoms with Crippen LogP contribution in [0.4, 0.5) is 0 Å². The van der Waals surface area contributed by atoms with E-state index in [-0.39, 0.29) is 5.56 Å². The molecule has 0 spiro atoms. The molecule has 33 heavy (non-hydrogen) atoms. The Kier molecular flexibility index (Phi) is 7.27. The molecule has 0 saturated carbocycles. The summed E-state index contributed by atoms with van der Waals surface area (Å²) in [6.07, 6.45) is 5.19. The third kappa shape index (κ3) is 4.88. The van der Waals surface area contributed by atoms with Crippen molar-refractivity contribution in [1.82, 2.24) is 19.4 Å². The standard InChI is InChI=1S/C25H32N4O4/c1-27-16-21(19-5-6-26-15-20(19)25(27)30)18-13-23(32-3)22(24(14-18)33-4)17-29-9-7-28(8-10-29)11-12-31-2/h5-6,13-16H,7-12,17H2,1-4H3. The maximum absolute atomic E-state index is 12.6. The predicted octanol–water partition coefficient (Wildman–Crippen LogP) is 2.38. The van der Waals surface area contributed by atoms with Gasteiger partial charge in [0.2, 0.25) is 0 Å². The molecule has 0 radical (unpaired) electrons. The summed E-state index contributed by atoms with van der Waals surface area (Å²) in [6, 6.07) is 5.95. The van der Waals surface area contributed by atoms with Gasteiger partial charge in [0, 0.05) is 77.6 Å². The predicted molar refractivity (Wildman–Crippen MR) is 129 cm³/mol. The molecule has 3 aromatic rings. The Hall–Kier alpha value is -2.94. The van der Waals surface area contributed by atoms with E-state index in [0.29, 0.717) is 5.39 Å². The van der Waals surface area contributed by atoms with Gasteiger partial charge in [0.1, 0.15) is 11.5 Å². The second-order valence-electron chi connectivity index (χ2n) is 8.35. The SMILES string of the molecule is COCCN1CCN(Cc2c(OC)cc(-c3cn(C)c(=O)c4cnccc34)cc2OC)CC1. The van der Waals surface area contributed by atoms with Crippen LogP contribution >= 0.6 is 0 Å². The Labute approximate surface area is 194 Å². The summed E-state index contributed by atoms with van der Waals surface area (Å²) < 4.78 is 18.4. The van der Waals surface area contributed by atoms with Crippen molar-refractivity contribution in [3.8, 4) is 22.6 Å². The first-order chi connectivity index (χ1) is 16.0. The molecule has 8 heteroatoms. The van der Waals surface area contributed by atoms with Crippen molar-refractivity contribution >= 4 is 10.8 Å². The summed E-state index contributed by atoms with van der Waals surface area (Å²) in [7, 11) is 6.88. The summed E-state index contributed by atoms with van der Waals surface area (Å²) in [5.41, 5.74) is 2.83. The van der Waals surface area contributed by atoms with Gasteiger partial charge >= 0.3 is 0 Å². The van der Waals surface area contributed by atoms with Crippen LogP contribution in [0.15, 0.2) is 41.6 Å². The molecule has 8 nitrogen and oxygen atoms in total. The van der Waals surface area contributed by atoms with Crippen molar-refractivity contribution in [2.45, 2.75) is 6.54 Å². The van der Waals surface area contributed by atoms with E-state index in [0.717, 1.165) is 79.5 Å². The molecule has 176 valence electrons. The highest BCUT2D eigenvalue weighted by Crippen LogP contribution is 2.37. The number of aryl methyl sites for hydroxylation is 1. The third-order valence-corrected chi connectivity index (χ3v) is 6.36. The highest BCUT2D eigenvalue weighted by Gasteiger charge is 2.22. The Morgan fingerprint density at radius 3 is 2.27 bits per heavy atom. The Morgan fingerprint density at radius 2 is 1.64 bits per heavy atom. The maximum Gasteiger partial charge on any atom is 0.259 e. The molecule has 0 bridgehead atoms. The third-order valence-electron chi connectivity index (χ3n) is 6.36. The molecule has 0 N–H and O–H groups in total. The van der Waals surface area contributed by atoms with Gasteiger partial charge in [-0.25, -0.2) is 0 Å².